The van der Waals surface area contributed by atoms with Crippen molar-refractivity contribution in [1.82, 2.24) is 20.6 Å². The van der Waals surface area contributed by atoms with Gasteiger partial charge in [-0.2, -0.15) is 5.10 Å². The van der Waals surface area contributed by atoms with Gasteiger partial charge in [-0.25, -0.2) is 0 Å². The summed E-state index contributed by atoms with van der Waals surface area (Å²) < 4.78 is 6.82. The van der Waals surface area contributed by atoms with E-state index in [-0.39, 0.29) is 5.56 Å². The normalized spacial score (nSPS) is 10.5. The molecule has 0 aliphatic heterocycles. The Morgan fingerprint density at radius 2 is 1.79 bits per heavy atom. The van der Waals surface area contributed by atoms with Gasteiger partial charge in [0.05, 0.1) is 23.9 Å². The van der Waals surface area contributed by atoms with Gasteiger partial charge in [0.15, 0.2) is 0 Å². The van der Waals surface area contributed by atoms with Gasteiger partial charge in [-0.05, 0) is 37.3 Å². The second kappa shape index (κ2) is 9.02. The van der Waals surface area contributed by atoms with E-state index in [1.165, 1.54) is 31.0 Å². The Morgan fingerprint density at radius 1 is 1.10 bits per heavy atom. The van der Waals surface area contributed by atoms with Crippen molar-refractivity contribution in [2.75, 3.05) is 7.11 Å². The van der Waals surface area contributed by atoms with E-state index in [0.717, 1.165) is 4.90 Å². The number of aryl methyl sites for hydroxylation is 2. The lowest BCUT2D eigenvalue weighted by atomic mass is 10.2. The molecule has 1 aromatic heterocycles. The lowest BCUT2D eigenvalue weighted by molar-refractivity contribution is 0.0842. The van der Waals surface area contributed by atoms with E-state index < -0.39 is 11.8 Å². The molecule has 0 saturated carbocycles. The summed E-state index contributed by atoms with van der Waals surface area (Å²) in [4.78, 5) is 26.2. The van der Waals surface area contributed by atoms with Gasteiger partial charge in [0.2, 0.25) is 0 Å². The average molecular weight is 431 g/mol. The van der Waals surface area contributed by atoms with Crippen LogP contribution < -0.4 is 15.6 Å². The predicted octanol–water partition coefficient (Wildman–Crippen LogP) is 3.62. The molecule has 0 aliphatic rings. The third-order valence-corrected chi connectivity index (χ3v) is 5.46. The fourth-order valence-electron chi connectivity index (χ4n) is 2.71. The van der Waals surface area contributed by atoms with Crippen LogP contribution in [0.25, 0.3) is 0 Å². The molecule has 0 atom stereocenters. The summed E-state index contributed by atoms with van der Waals surface area (Å²) in [6.45, 7) is 1.74. The summed E-state index contributed by atoms with van der Waals surface area (Å²) in [5.41, 5.74) is 6.06. The van der Waals surface area contributed by atoms with E-state index in [0.29, 0.717) is 27.1 Å². The summed E-state index contributed by atoms with van der Waals surface area (Å²) in [5, 5.41) is 5.45. The zero-order valence-corrected chi connectivity index (χ0v) is 17.6. The van der Waals surface area contributed by atoms with Crippen LogP contribution in [0.3, 0.4) is 0 Å². The standard InChI is InChI=1S/C20H19ClN4O3S/c1-12-17(20(25(2)24-12)29-14-7-5-4-6-8-14)19(27)23-22-18(26)15-10-9-13(21)11-16(15)28-3/h4-11H,1-3H3,(H,22,26)(H,23,27). The summed E-state index contributed by atoms with van der Waals surface area (Å²) in [6, 6.07) is 14.3. The molecule has 150 valence electrons. The number of methoxy groups -OCH3 is 1. The maximum Gasteiger partial charge on any atom is 0.274 e. The van der Waals surface area contributed by atoms with E-state index in [9.17, 15) is 9.59 Å². The molecule has 0 aliphatic carbocycles. The molecule has 1 heterocycles. The Morgan fingerprint density at radius 3 is 2.48 bits per heavy atom. The van der Waals surface area contributed by atoms with Gasteiger partial charge in [-0.3, -0.25) is 25.1 Å². The fourth-order valence-corrected chi connectivity index (χ4v) is 3.91. The first-order chi connectivity index (χ1) is 13.9. The van der Waals surface area contributed by atoms with Crippen molar-refractivity contribution in [3.8, 4) is 5.75 Å². The number of halogens is 1. The number of amides is 2. The van der Waals surface area contributed by atoms with Crippen LogP contribution in [-0.2, 0) is 7.05 Å². The lowest BCUT2D eigenvalue weighted by Gasteiger charge is -2.11. The molecular weight excluding hydrogens is 412 g/mol. The number of hydrogen-bond donors (Lipinski definition) is 2. The Labute approximate surface area is 177 Å². The van der Waals surface area contributed by atoms with Crippen LogP contribution in [0.2, 0.25) is 5.02 Å². The largest absolute Gasteiger partial charge is 0.496 e. The van der Waals surface area contributed by atoms with Crippen LogP contribution in [0.15, 0.2) is 58.5 Å². The van der Waals surface area contributed by atoms with Gasteiger partial charge < -0.3 is 4.74 Å². The molecular formula is C20H19ClN4O3S. The van der Waals surface area contributed by atoms with Crippen molar-refractivity contribution in [2.24, 2.45) is 7.05 Å². The number of nitrogens with one attached hydrogen (secondary N) is 2. The van der Waals surface area contributed by atoms with E-state index in [2.05, 4.69) is 16.0 Å². The molecule has 0 fully saturated rings. The molecule has 0 unspecified atom stereocenters. The number of aromatic nitrogens is 2. The van der Waals surface area contributed by atoms with E-state index in [1.54, 1.807) is 24.7 Å². The second-order valence-corrected chi connectivity index (χ2v) is 7.56. The highest BCUT2D eigenvalue weighted by Crippen LogP contribution is 2.31. The predicted molar refractivity (Wildman–Crippen MR) is 111 cm³/mol. The number of rotatable bonds is 5. The summed E-state index contributed by atoms with van der Waals surface area (Å²) in [7, 11) is 3.21. The number of hydrazine groups is 1. The monoisotopic (exact) mass is 430 g/mol. The number of benzene rings is 2. The summed E-state index contributed by atoms with van der Waals surface area (Å²) in [5.74, 6) is -0.678. The maximum absolute atomic E-state index is 12.8. The van der Waals surface area contributed by atoms with Gasteiger partial charge in [0.25, 0.3) is 11.8 Å². The van der Waals surface area contributed by atoms with Gasteiger partial charge in [0, 0.05) is 17.0 Å². The Balaban J connectivity index is 1.77. The molecule has 0 spiro atoms. The van der Waals surface area contributed by atoms with Gasteiger partial charge in [0.1, 0.15) is 10.8 Å². The molecule has 29 heavy (non-hydrogen) atoms. The molecule has 3 aromatic rings. The summed E-state index contributed by atoms with van der Waals surface area (Å²) in [6.07, 6.45) is 0. The molecule has 0 radical (unpaired) electrons. The van der Waals surface area contributed by atoms with Crippen molar-refractivity contribution in [3.05, 3.63) is 70.4 Å². The van der Waals surface area contributed by atoms with Gasteiger partial charge >= 0.3 is 0 Å². The molecule has 9 heteroatoms. The van der Waals surface area contributed by atoms with Crippen molar-refractivity contribution in [2.45, 2.75) is 16.8 Å². The topological polar surface area (TPSA) is 85.2 Å². The van der Waals surface area contributed by atoms with Crippen LogP contribution >= 0.6 is 23.4 Å². The second-order valence-electron chi connectivity index (χ2n) is 6.06. The van der Waals surface area contributed by atoms with Crippen LogP contribution in [0.5, 0.6) is 5.75 Å². The number of carbonyl (C=O) groups is 2. The molecule has 2 aromatic carbocycles. The average Bonchev–Trinajstić information content (AvgIpc) is 2.99. The first kappa shape index (κ1) is 20.8. The Hall–Kier alpha value is -2.97. The number of carbonyl (C=O) groups excluding carboxylic acids is 2. The van der Waals surface area contributed by atoms with Crippen molar-refractivity contribution >= 4 is 35.2 Å². The molecule has 2 amide bonds. The zero-order valence-electron chi connectivity index (χ0n) is 16.0. The van der Waals surface area contributed by atoms with E-state index in [4.69, 9.17) is 16.3 Å². The molecule has 3 rings (SSSR count). The van der Waals surface area contributed by atoms with Gasteiger partial charge in [-0.1, -0.05) is 41.6 Å². The van der Waals surface area contributed by atoms with E-state index >= 15 is 0 Å². The number of hydrogen-bond acceptors (Lipinski definition) is 5. The van der Waals surface area contributed by atoms with Crippen molar-refractivity contribution in [3.63, 3.8) is 0 Å². The molecule has 7 nitrogen and oxygen atoms in total. The third-order valence-electron chi connectivity index (χ3n) is 4.05. The lowest BCUT2D eigenvalue weighted by Crippen LogP contribution is -2.42. The first-order valence-electron chi connectivity index (χ1n) is 8.61. The van der Waals surface area contributed by atoms with Crippen LogP contribution in [0.1, 0.15) is 26.4 Å². The zero-order chi connectivity index (χ0) is 21.0. The number of ether oxygens (including phenoxy) is 1. The highest BCUT2D eigenvalue weighted by Gasteiger charge is 2.22. The molecule has 0 bridgehead atoms. The smallest absolute Gasteiger partial charge is 0.274 e. The molecule has 2 N–H and O–H groups in total. The first-order valence-corrected chi connectivity index (χ1v) is 9.81. The van der Waals surface area contributed by atoms with Crippen LogP contribution in [-0.4, -0.2) is 28.7 Å². The van der Waals surface area contributed by atoms with Crippen molar-refractivity contribution < 1.29 is 14.3 Å². The van der Waals surface area contributed by atoms with Crippen LogP contribution in [0.4, 0.5) is 0 Å². The SMILES string of the molecule is COc1cc(Cl)ccc1C(=O)NNC(=O)c1c(C)nn(C)c1Sc1ccccc1. The minimum absolute atomic E-state index is 0.249. The van der Waals surface area contributed by atoms with Crippen LogP contribution in [0, 0.1) is 6.92 Å². The summed E-state index contributed by atoms with van der Waals surface area (Å²) >= 11 is 7.34. The minimum atomic E-state index is -0.523. The fraction of sp³-hybridized carbons (Fsp3) is 0.150. The van der Waals surface area contributed by atoms with Crippen molar-refractivity contribution in [1.29, 1.82) is 0 Å². The third kappa shape index (κ3) is 4.72. The Kier molecular flexibility index (Phi) is 6.46. The quantitative estimate of drug-likeness (QED) is 0.604. The highest BCUT2D eigenvalue weighted by molar-refractivity contribution is 7.99. The highest BCUT2D eigenvalue weighted by atomic mass is 35.5. The Bertz CT molecular complexity index is 1050. The maximum atomic E-state index is 12.8. The number of nitrogens with zero attached hydrogens (tertiary/aromatic N) is 2. The minimum Gasteiger partial charge on any atom is -0.496 e. The molecule has 0 saturated heterocycles. The van der Waals surface area contributed by atoms with Gasteiger partial charge in [-0.15, -0.1) is 0 Å². The van der Waals surface area contributed by atoms with E-state index in [1.807, 2.05) is 30.3 Å².